The molecule has 0 spiro atoms. The summed E-state index contributed by atoms with van der Waals surface area (Å²) >= 11 is 0. The molecule has 0 saturated carbocycles. The summed E-state index contributed by atoms with van der Waals surface area (Å²) in [6.45, 7) is 7.84. The van der Waals surface area contributed by atoms with E-state index in [1.165, 1.54) is 24.2 Å². The summed E-state index contributed by atoms with van der Waals surface area (Å²) in [5.41, 5.74) is 3.07. The number of hydrogen-bond donors (Lipinski definition) is 0. The molecule has 4 rings (SSSR count). The van der Waals surface area contributed by atoms with Crippen LogP contribution in [0.15, 0.2) is 30.6 Å². The van der Waals surface area contributed by atoms with Crippen LogP contribution in [-0.2, 0) is 11.3 Å². The molecule has 2 aliphatic heterocycles. The van der Waals surface area contributed by atoms with Gasteiger partial charge in [0.25, 0.3) is 0 Å². The summed E-state index contributed by atoms with van der Waals surface area (Å²) in [5.74, 6) is 0.387. The Balaban J connectivity index is 1.60. The highest BCUT2D eigenvalue weighted by atomic mass is 19.1. The lowest BCUT2D eigenvalue weighted by molar-refractivity contribution is -0.130. The van der Waals surface area contributed by atoms with Gasteiger partial charge < -0.3 is 14.4 Å². The molecule has 0 bridgehead atoms. The lowest BCUT2D eigenvalue weighted by Crippen LogP contribution is -2.35. The van der Waals surface area contributed by atoms with Gasteiger partial charge in [0.05, 0.1) is 12.0 Å². The lowest BCUT2D eigenvalue weighted by Gasteiger charge is -2.33. The van der Waals surface area contributed by atoms with Gasteiger partial charge in [-0.05, 0) is 63.0 Å². The van der Waals surface area contributed by atoms with Crippen molar-refractivity contribution in [3.63, 3.8) is 0 Å². The first-order valence-corrected chi connectivity index (χ1v) is 11.0. The highest BCUT2D eigenvalue weighted by Gasteiger charge is 2.27. The smallest absolute Gasteiger partial charge is 0.224 e. The Bertz CT molecular complexity index is 826. The molecule has 2 aliphatic rings. The molecule has 1 amide bonds. The summed E-state index contributed by atoms with van der Waals surface area (Å²) in [6.07, 6.45) is 6.90. The molecule has 1 aromatic heterocycles. The molecule has 29 heavy (non-hydrogen) atoms. The van der Waals surface area contributed by atoms with Crippen molar-refractivity contribution in [3.8, 4) is 11.3 Å². The molecule has 3 heterocycles. The number of amides is 1. The number of imidazole rings is 1. The summed E-state index contributed by atoms with van der Waals surface area (Å²) in [5, 5.41) is 0. The molecule has 0 aliphatic carbocycles. The number of rotatable bonds is 6. The van der Waals surface area contributed by atoms with Crippen molar-refractivity contribution in [3.05, 3.63) is 42.1 Å². The summed E-state index contributed by atoms with van der Waals surface area (Å²) in [7, 11) is 0. The monoisotopic (exact) mass is 398 g/mol. The first-order chi connectivity index (χ1) is 14.2. The van der Waals surface area contributed by atoms with Gasteiger partial charge in [-0.25, -0.2) is 9.37 Å². The first kappa shape index (κ1) is 20.1. The van der Waals surface area contributed by atoms with E-state index < -0.39 is 0 Å². The standard InChI is InChI=1S/C23H31FN4O/c1-2-26-12-5-6-19(16-26)23-22(18-7-9-20(24)10-8-18)25-17-28(23)15-11-21(29)27-13-3-4-14-27/h7-10,17,19H,2-6,11-16H2,1H3. The van der Waals surface area contributed by atoms with Crippen LogP contribution in [0.3, 0.4) is 0 Å². The second kappa shape index (κ2) is 9.08. The fourth-order valence-corrected chi connectivity index (χ4v) is 4.73. The van der Waals surface area contributed by atoms with Gasteiger partial charge in [0.1, 0.15) is 5.82 Å². The highest BCUT2D eigenvalue weighted by molar-refractivity contribution is 5.76. The highest BCUT2D eigenvalue weighted by Crippen LogP contribution is 2.34. The fraction of sp³-hybridized carbons (Fsp3) is 0.565. The first-order valence-electron chi connectivity index (χ1n) is 11.0. The van der Waals surface area contributed by atoms with Crippen LogP contribution < -0.4 is 0 Å². The van der Waals surface area contributed by atoms with Crippen molar-refractivity contribution in [1.29, 1.82) is 0 Å². The van der Waals surface area contributed by atoms with Gasteiger partial charge in [0, 0.05) is 49.8 Å². The van der Waals surface area contributed by atoms with Crippen LogP contribution in [0.1, 0.15) is 50.6 Å². The van der Waals surface area contributed by atoms with Crippen LogP contribution >= 0.6 is 0 Å². The number of likely N-dealkylation sites (N-methyl/N-ethyl adjacent to an activating group) is 1. The summed E-state index contributed by atoms with van der Waals surface area (Å²) in [6, 6.07) is 6.60. The van der Waals surface area contributed by atoms with E-state index in [4.69, 9.17) is 4.98 Å². The number of halogens is 1. The predicted molar refractivity (Wildman–Crippen MR) is 112 cm³/mol. The topological polar surface area (TPSA) is 41.4 Å². The van der Waals surface area contributed by atoms with Gasteiger partial charge in [-0.15, -0.1) is 0 Å². The second-order valence-corrected chi connectivity index (χ2v) is 8.25. The SMILES string of the molecule is CCN1CCCC(c2c(-c3ccc(F)cc3)ncn2CCC(=O)N2CCCC2)C1. The largest absolute Gasteiger partial charge is 0.343 e. The van der Waals surface area contributed by atoms with E-state index in [1.54, 1.807) is 12.1 Å². The van der Waals surface area contributed by atoms with Crippen molar-refractivity contribution in [2.45, 2.75) is 51.5 Å². The average Bonchev–Trinajstić information content (AvgIpc) is 3.43. The zero-order valence-corrected chi connectivity index (χ0v) is 17.3. The molecule has 2 fully saturated rings. The number of piperidine rings is 1. The minimum absolute atomic E-state index is 0.235. The van der Waals surface area contributed by atoms with E-state index in [1.807, 2.05) is 11.2 Å². The van der Waals surface area contributed by atoms with Crippen LogP contribution in [0, 0.1) is 5.82 Å². The van der Waals surface area contributed by atoms with Crippen molar-refractivity contribution in [2.24, 2.45) is 0 Å². The molecule has 6 heteroatoms. The van der Waals surface area contributed by atoms with Crippen molar-refractivity contribution in [1.82, 2.24) is 19.4 Å². The number of aryl methyl sites for hydroxylation is 1. The molecular formula is C23H31FN4O. The number of likely N-dealkylation sites (tertiary alicyclic amines) is 2. The maximum atomic E-state index is 13.4. The zero-order valence-electron chi connectivity index (χ0n) is 17.3. The third-order valence-corrected chi connectivity index (χ3v) is 6.36. The Labute approximate surface area is 172 Å². The van der Waals surface area contributed by atoms with Gasteiger partial charge in [0.2, 0.25) is 5.91 Å². The van der Waals surface area contributed by atoms with E-state index in [0.717, 1.165) is 63.2 Å². The Hall–Kier alpha value is -2.21. The number of nitrogens with zero attached hydrogens (tertiary/aromatic N) is 4. The minimum Gasteiger partial charge on any atom is -0.343 e. The molecule has 5 nitrogen and oxygen atoms in total. The Kier molecular flexibility index (Phi) is 6.28. The van der Waals surface area contributed by atoms with E-state index in [9.17, 15) is 9.18 Å². The molecule has 1 aromatic carbocycles. The Morgan fingerprint density at radius 1 is 1.14 bits per heavy atom. The van der Waals surface area contributed by atoms with Crippen LogP contribution in [0.25, 0.3) is 11.3 Å². The zero-order chi connectivity index (χ0) is 20.2. The van der Waals surface area contributed by atoms with Gasteiger partial charge in [-0.2, -0.15) is 0 Å². The van der Waals surface area contributed by atoms with Crippen LogP contribution in [0.2, 0.25) is 0 Å². The third-order valence-electron chi connectivity index (χ3n) is 6.36. The Morgan fingerprint density at radius 3 is 2.62 bits per heavy atom. The van der Waals surface area contributed by atoms with Crippen molar-refractivity contribution in [2.75, 3.05) is 32.7 Å². The van der Waals surface area contributed by atoms with Gasteiger partial charge >= 0.3 is 0 Å². The van der Waals surface area contributed by atoms with Crippen LogP contribution in [-0.4, -0.2) is 58.0 Å². The molecule has 0 radical (unpaired) electrons. The number of benzene rings is 1. The average molecular weight is 399 g/mol. The lowest BCUT2D eigenvalue weighted by atomic mass is 9.91. The molecule has 156 valence electrons. The molecule has 2 saturated heterocycles. The van der Waals surface area contributed by atoms with Crippen molar-refractivity contribution < 1.29 is 9.18 Å². The second-order valence-electron chi connectivity index (χ2n) is 8.25. The third kappa shape index (κ3) is 4.53. The fourth-order valence-electron chi connectivity index (χ4n) is 4.73. The van der Waals surface area contributed by atoms with Gasteiger partial charge in [0.15, 0.2) is 0 Å². The van der Waals surface area contributed by atoms with E-state index in [2.05, 4.69) is 16.4 Å². The maximum absolute atomic E-state index is 13.4. The normalized spacial score (nSPS) is 20.3. The van der Waals surface area contributed by atoms with E-state index in [-0.39, 0.29) is 11.7 Å². The van der Waals surface area contributed by atoms with Gasteiger partial charge in [-0.3, -0.25) is 4.79 Å². The quantitative estimate of drug-likeness (QED) is 0.741. The van der Waals surface area contributed by atoms with Crippen LogP contribution in [0.5, 0.6) is 0 Å². The van der Waals surface area contributed by atoms with E-state index in [0.29, 0.717) is 18.9 Å². The number of carbonyl (C=O) groups is 1. The van der Waals surface area contributed by atoms with Gasteiger partial charge in [-0.1, -0.05) is 6.92 Å². The van der Waals surface area contributed by atoms with Crippen molar-refractivity contribution >= 4 is 5.91 Å². The molecule has 1 atom stereocenters. The molecule has 0 N–H and O–H groups in total. The number of hydrogen-bond acceptors (Lipinski definition) is 3. The van der Waals surface area contributed by atoms with Crippen LogP contribution in [0.4, 0.5) is 4.39 Å². The maximum Gasteiger partial charge on any atom is 0.224 e. The van der Waals surface area contributed by atoms with E-state index >= 15 is 0 Å². The Morgan fingerprint density at radius 2 is 1.90 bits per heavy atom. The number of aromatic nitrogens is 2. The summed E-state index contributed by atoms with van der Waals surface area (Å²) in [4.78, 5) is 21.7. The molecule has 1 unspecified atom stereocenters. The predicted octanol–water partition coefficient (Wildman–Crippen LogP) is 3.90. The minimum atomic E-state index is -0.235. The number of carbonyl (C=O) groups excluding carboxylic acids is 1. The molecular weight excluding hydrogens is 367 g/mol. The summed E-state index contributed by atoms with van der Waals surface area (Å²) < 4.78 is 15.6. The molecule has 2 aromatic rings.